The number of hydrogen-bond donors (Lipinski definition) is 1. The van der Waals surface area contributed by atoms with E-state index in [0.29, 0.717) is 0 Å². The molecule has 0 heterocycles. The molecule has 0 aromatic heterocycles. The predicted octanol–water partition coefficient (Wildman–Crippen LogP) is 4.32. The van der Waals surface area contributed by atoms with Crippen LogP contribution in [0.2, 0.25) is 0 Å². The molecule has 1 saturated carbocycles. The van der Waals surface area contributed by atoms with Gasteiger partial charge in [-0.25, -0.2) is 13.1 Å². The lowest BCUT2D eigenvalue weighted by molar-refractivity contribution is 0.519. The Kier molecular flexibility index (Phi) is 5.07. The van der Waals surface area contributed by atoms with Crippen molar-refractivity contribution in [2.75, 3.05) is 0 Å². The van der Waals surface area contributed by atoms with Crippen LogP contribution in [0.5, 0.6) is 0 Å². The molecule has 0 radical (unpaired) electrons. The summed E-state index contributed by atoms with van der Waals surface area (Å²) in [5.74, 6) is 0.267. The average molecular weight is 343 g/mol. The molecule has 0 unspecified atom stereocenters. The Morgan fingerprint density at radius 3 is 2.17 bits per heavy atom. The topological polar surface area (TPSA) is 46.2 Å². The van der Waals surface area contributed by atoms with Gasteiger partial charge in [0.05, 0.1) is 5.25 Å². The van der Waals surface area contributed by atoms with Crippen molar-refractivity contribution in [2.45, 2.75) is 50.3 Å². The van der Waals surface area contributed by atoms with Crippen LogP contribution in [0, 0.1) is 0 Å². The van der Waals surface area contributed by atoms with Crippen LogP contribution in [0.3, 0.4) is 0 Å². The van der Waals surface area contributed by atoms with Crippen LogP contribution < -0.4 is 4.72 Å². The first-order valence-corrected chi connectivity index (χ1v) is 10.2. The van der Waals surface area contributed by atoms with E-state index in [0.717, 1.165) is 19.3 Å². The van der Waals surface area contributed by atoms with Crippen LogP contribution in [0.1, 0.15) is 44.6 Å². The van der Waals surface area contributed by atoms with Gasteiger partial charge in [-0.1, -0.05) is 61.0 Å². The van der Waals surface area contributed by atoms with Gasteiger partial charge in [-0.05, 0) is 43.4 Å². The number of sulfonamides is 1. The molecule has 0 spiro atoms. The van der Waals surface area contributed by atoms with E-state index < -0.39 is 10.0 Å². The molecule has 0 aliphatic heterocycles. The standard InChI is InChI=1S/C20H25NO2S/c1-15(2)24(22,23)21-20-10-6-9-19(20)18-13-11-17(12-14-18)16-7-4-3-5-8-16/h3-5,7-8,11-15,19-21H,6,9-10H2,1-2H3/t19-,20-/m1/s1. The van der Waals surface area contributed by atoms with Gasteiger partial charge in [0.25, 0.3) is 0 Å². The predicted molar refractivity (Wildman–Crippen MR) is 99.4 cm³/mol. The van der Waals surface area contributed by atoms with Gasteiger partial charge in [-0.3, -0.25) is 0 Å². The third-order valence-electron chi connectivity index (χ3n) is 4.90. The molecule has 128 valence electrons. The Labute approximate surface area is 145 Å². The van der Waals surface area contributed by atoms with Crippen molar-refractivity contribution in [1.82, 2.24) is 4.72 Å². The highest BCUT2D eigenvalue weighted by molar-refractivity contribution is 7.90. The van der Waals surface area contributed by atoms with Gasteiger partial charge >= 0.3 is 0 Å². The third-order valence-corrected chi connectivity index (χ3v) is 6.77. The summed E-state index contributed by atoms with van der Waals surface area (Å²) in [6.07, 6.45) is 3.02. The Morgan fingerprint density at radius 2 is 1.54 bits per heavy atom. The Balaban J connectivity index is 1.78. The van der Waals surface area contributed by atoms with Gasteiger partial charge in [-0.15, -0.1) is 0 Å². The number of benzene rings is 2. The number of hydrogen-bond acceptors (Lipinski definition) is 2. The first-order chi connectivity index (χ1) is 11.5. The monoisotopic (exact) mass is 343 g/mol. The summed E-state index contributed by atoms with van der Waals surface area (Å²) in [5, 5.41) is -0.390. The highest BCUT2D eigenvalue weighted by Crippen LogP contribution is 2.36. The summed E-state index contributed by atoms with van der Waals surface area (Å²) < 4.78 is 27.3. The fourth-order valence-corrected chi connectivity index (χ4v) is 4.38. The fourth-order valence-electron chi connectivity index (χ4n) is 3.40. The summed E-state index contributed by atoms with van der Waals surface area (Å²) in [4.78, 5) is 0. The van der Waals surface area contributed by atoms with Crippen LogP contribution in [0.4, 0.5) is 0 Å². The Hall–Kier alpha value is -1.65. The maximum absolute atomic E-state index is 12.2. The highest BCUT2D eigenvalue weighted by Gasteiger charge is 2.32. The first-order valence-electron chi connectivity index (χ1n) is 8.64. The third kappa shape index (κ3) is 3.70. The quantitative estimate of drug-likeness (QED) is 0.879. The summed E-state index contributed by atoms with van der Waals surface area (Å²) in [5.41, 5.74) is 3.62. The summed E-state index contributed by atoms with van der Waals surface area (Å²) in [7, 11) is -3.22. The molecule has 3 nitrogen and oxygen atoms in total. The molecule has 1 fully saturated rings. The van der Waals surface area contributed by atoms with Gasteiger partial charge in [-0.2, -0.15) is 0 Å². The van der Waals surface area contributed by atoms with E-state index in [1.807, 2.05) is 18.2 Å². The maximum Gasteiger partial charge on any atom is 0.214 e. The van der Waals surface area contributed by atoms with Crippen molar-refractivity contribution >= 4 is 10.0 Å². The zero-order chi connectivity index (χ0) is 17.2. The second-order valence-corrected chi connectivity index (χ2v) is 9.11. The Bertz CT molecular complexity index is 767. The van der Waals surface area contributed by atoms with Gasteiger partial charge in [0, 0.05) is 12.0 Å². The van der Waals surface area contributed by atoms with E-state index in [1.54, 1.807) is 13.8 Å². The van der Waals surface area contributed by atoms with Crippen molar-refractivity contribution in [3.05, 3.63) is 60.2 Å². The summed E-state index contributed by atoms with van der Waals surface area (Å²) >= 11 is 0. The minimum Gasteiger partial charge on any atom is -0.212 e. The zero-order valence-electron chi connectivity index (χ0n) is 14.3. The molecule has 0 saturated heterocycles. The molecule has 0 amide bonds. The second kappa shape index (κ2) is 7.08. The Morgan fingerprint density at radius 1 is 0.917 bits per heavy atom. The van der Waals surface area contributed by atoms with E-state index in [9.17, 15) is 8.42 Å². The number of nitrogens with one attached hydrogen (secondary N) is 1. The first kappa shape index (κ1) is 17.2. The largest absolute Gasteiger partial charge is 0.214 e. The number of rotatable bonds is 5. The summed E-state index contributed by atoms with van der Waals surface area (Å²) in [6.45, 7) is 3.45. The van der Waals surface area contributed by atoms with E-state index in [4.69, 9.17) is 0 Å². The molecule has 1 aliphatic carbocycles. The van der Waals surface area contributed by atoms with Gasteiger partial charge in [0.2, 0.25) is 10.0 Å². The molecule has 0 bridgehead atoms. The van der Waals surface area contributed by atoms with Crippen molar-refractivity contribution in [2.24, 2.45) is 0 Å². The molecule has 2 atom stereocenters. The highest BCUT2D eigenvalue weighted by atomic mass is 32.2. The molecule has 24 heavy (non-hydrogen) atoms. The van der Waals surface area contributed by atoms with E-state index in [1.165, 1.54) is 16.7 Å². The van der Waals surface area contributed by atoms with Crippen LogP contribution in [0.25, 0.3) is 11.1 Å². The van der Waals surface area contributed by atoms with Crippen LogP contribution in [-0.4, -0.2) is 19.7 Å². The van der Waals surface area contributed by atoms with Crippen molar-refractivity contribution in [1.29, 1.82) is 0 Å². The van der Waals surface area contributed by atoms with Crippen LogP contribution in [-0.2, 0) is 10.0 Å². The SMILES string of the molecule is CC(C)S(=O)(=O)N[C@@H]1CCC[C@@H]1c1ccc(-c2ccccc2)cc1. The molecular weight excluding hydrogens is 318 g/mol. The van der Waals surface area contributed by atoms with Gasteiger partial charge < -0.3 is 0 Å². The second-order valence-electron chi connectivity index (χ2n) is 6.84. The van der Waals surface area contributed by atoms with E-state index in [2.05, 4.69) is 41.1 Å². The maximum atomic E-state index is 12.2. The lowest BCUT2D eigenvalue weighted by atomic mass is 9.93. The fraction of sp³-hybridized carbons (Fsp3) is 0.400. The van der Waals surface area contributed by atoms with Crippen LogP contribution in [0.15, 0.2) is 54.6 Å². The molecule has 2 aromatic rings. The lowest BCUT2D eigenvalue weighted by Crippen LogP contribution is -2.40. The lowest BCUT2D eigenvalue weighted by Gasteiger charge is -2.22. The van der Waals surface area contributed by atoms with Gasteiger partial charge in [0.15, 0.2) is 0 Å². The smallest absolute Gasteiger partial charge is 0.212 e. The summed E-state index contributed by atoms with van der Waals surface area (Å²) in [6, 6.07) is 18.9. The average Bonchev–Trinajstić information content (AvgIpc) is 3.03. The van der Waals surface area contributed by atoms with Crippen molar-refractivity contribution in [3.8, 4) is 11.1 Å². The minimum absolute atomic E-state index is 0.0139. The molecule has 2 aromatic carbocycles. The molecule has 4 heteroatoms. The normalized spacial score (nSPS) is 21.3. The van der Waals surface area contributed by atoms with Crippen LogP contribution >= 0.6 is 0 Å². The van der Waals surface area contributed by atoms with Gasteiger partial charge in [0.1, 0.15) is 0 Å². The molecule has 1 N–H and O–H groups in total. The van der Waals surface area contributed by atoms with Crippen molar-refractivity contribution < 1.29 is 8.42 Å². The van der Waals surface area contributed by atoms with E-state index in [-0.39, 0.29) is 17.2 Å². The minimum atomic E-state index is -3.22. The van der Waals surface area contributed by atoms with E-state index >= 15 is 0 Å². The van der Waals surface area contributed by atoms with Crippen molar-refractivity contribution in [3.63, 3.8) is 0 Å². The molecule has 1 aliphatic rings. The zero-order valence-corrected chi connectivity index (χ0v) is 15.1. The molecule has 3 rings (SSSR count). The molecular formula is C20H25NO2S.